The minimum Gasteiger partial charge on any atom is -0.496 e. The maximum absolute atomic E-state index is 12.0. The molecule has 2 unspecified atom stereocenters. The Bertz CT molecular complexity index is 492. The maximum Gasteiger partial charge on any atom is 0.220 e. The fourth-order valence-corrected chi connectivity index (χ4v) is 3.27. The average molecular weight is 356 g/mol. The van der Waals surface area contributed by atoms with Crippen LogP contribution >= 0.6 is 15.9 Å². The van der Waals surface area contributed by atoms with Crippen molar-refractivity contribution in [3.8, 4) is 5.75 Å². The molecular formula is C16H22BrNO3. The van der Waals surface area contributed by atoms with Gasteiger partial charge in [0.15, 0.2) is 0 Å². The molecule has 0 spiro atoms. The topological polar surface area (TPSA) is 58.6 Å². The zero-order valence-electron chi connectivity index (χ0n) is 12.3. The molecular weight excluding hydrogens is 334 g/mol. The van der Waals surface area contributed by atoms with E-state index in [-0.39, 0.29) is 11.9 Å². The van der Waals surface area contributed by atoms with Crippen LogP contribution in [-0.4, -0.2) is 30.3 Å². The number of benzene rings is 1. The van der Waals surface area contributed by atoms with Gasteiger partial charge in [0.1, 0.15) is 5.75 Å². The van der Waals surface area contributed by atoms with Gasteiger partial charge in [-0.15, -0.1) is 0 Å². The Morgan fingerprint density at radius 1 is 1.43 bits per heavy atom. The van der Waals surface area contributed by atoms with Crippen molar-refractivity contribution in [1.82, 2.24) is 5.32 Å². The van der Waals surface area contributed by atoms with Crippen molar-refractivity contribution in [2.45, 2.75) is 50.7 Å². The molecule has 2 N–H and O–H groups in total. The van der Waals surface area contributed by atoms with E-state index in [2.05, 4.69) is 21.2 Å². The fraction of sp³-hybridized carbons (Fsp3) is 0.562. The Kier molecular flexibility index (Phi) is 6.06. The van der Waals surface area contributed by atoms with Crippen molar-refractivity contribution in [2.24, 2.45) is 0 Å². The summed E-state index contributed by atoms with van der Waals surface area (Å²) in [5.41, 5.74) is 1.09. The van der Waals surface area contributed by atoms with Crippen LogP contribution in [0.4, 0.5) is 0 Å². The first-order chi connectivity index (χ1) is 10.1. The van der Waals surface area contributed by atoms with Gasteiger partial charge in [0.25, 0.3) is 0 Å². The number of rotatable bonds is 5. The summed E-state index contributed by atoms with van der Waals surface area (Å²) in [6.45, 7) is 0. The Labute approximate surface area is 134 Å². The first-order valence-corrected chi connectivity index (χ1v) is 8.19. The number of hydrogen-bond donors (Lipinski definition) is 2. The molecule has 2 rings (SSSR count). The molecule has 116 valence electrons. The van der Waals surface area contributed by atoms with E-state index in [4.69, 9.17) is 4.74 Å². The molecule has 0 aliphatic heterocycles. The molecule has 0 saturated heterocycles. The van der Waals surface area contributed by atoms with Crippen molar-refractivity contribution in [3.63, 3.8) is 0 Å². The third-order valence-corrected chi connectivity index (χ3v) is 4.55. The minimum atomic E-state index is -0.391. The second-order valence-electron chi connectivity index (χ2n) is 5.49. The van der Waals surface area contributed by atoms with Crippen molar-refractivity contribution >= 4 is 21.8 Å². The smallest absolute Gasteiger partial charge is 0.220 e. The standard InChI is InChI=1S/C16H22BrNO3/c1-21-15-8-6-11(10-12(15)17)7-9-16(20)18-13-4-2-3-5-14(13)19/h6,8,10,13-14,19H,2-5,7,9H2,1H3,(H,18,20). The summed E-state index contributed by atoms with van der Waals surface area (Å²) in [6.07, 6.45) is 4.51. The molecule has 1 fully saturated rings. The normalized spacial score (nSPS) is 21.9. The molecule has 1 aromatic carbocycles. The summed E-state index contributed by atoms with van der Waals surface area (Å²) >= 11 is 3.44. The molecule has 21 heavy (non-hydrogen) atoms. The van der Waals surface area contributed by atoms with E-state index in [1.807, 2.05) is 18.2 Å². The molecule has 4 nitrogen and oxygen atoms in total. The van der Waals surface area contributed by atoms with Crippen molar-refractivity contribution in [1.29, 1.82) is 0 Å². The lowest BCUT2D eigenvalue weighted by Gasteiger charge is -2.28. The molecule has 5 heteroatoms. The van der Waals surface area contributed by atoms with Crippen LogP contribution in [0.2, 0.25) is 0 Å². The molecule has 1 aliphatic rings. The Hall–Kier alpha value is -1.07. The van der Waals surface area contributed by atoms with Crippen molar-refractivity contribution in [3.05, 3.63) is 28.2 Å². The second kappa shape index (κ2) is 7.80. The van der Waals surface area contributed by atoms with Crippen molar-refractivity contribution in [2.75, 3.05) is 7.11 Å². The van der Waals surface area contributed by atoms with Gasteiger partial charge in [-0.25, -0.2) is 0 Å². The number of nitrogens with one attached hydrogen (secondary N) is 1. The van der Waals surface area contributed by atoms with Gasteiger partial charge < -0.3 is 15.2 Å². The lowest BCUT2D eigenvalue weighted by atomic mass is 9.92. The van der Waals surface area contributed by atoms with E-state index in [0.717, 1.165) is 41.5 Å². The number of methoxy groups -OCH3 is 1. The van der Waals surface area contributed by atoms with Crippen LogP contribution in [0.15, 0.2) is 22.7 Å². The molecule has 0 radical (unpaired) electrons. The van der Waals surface area contributed by atoms with Gasteiger partial charge in [-0.1, -0.05) is 18.9 Å². The maximum atomic E-state index is 12.0. The highest BCUT2D eigenvalue weighted by atomic mass is 79.9. The third-order valence-electron chi connectivity index (χ3n) is 3.93. The van der Waals surface area contributed by atoms with Gasteiger partial charge in [-0.2, -0.15) is 0 Å². The summed E-state index contributed by atoms with van der Waals surface area (Å²) in [5.74, 6) is 0.793. The minimum absolute atomic E-state index is 0.00731. The van der Waals surface area contributed by atoms with Gasteiger partial charge in [0, 0.05) is 6.42 Å². The zero-order valence-corrected chi connectivity index (χ0v) is 13.9. The van der Waals surface area contributed by atoms with E-state index in [1.54, 1.807) is 7.11 Å². The number of aliphatic hydroxyl groups is 1. The fourth-order valence-electron chi connectivity index (χ4n) is 2.68. The van der Waals surface area contributed by atoms with Crippen LogP contribution in [0.1, 0.15) is 37.7 Å². The Morgan fingerprint density at radius 3 is 2.86 bits per heavy atom. The van der Waals surface area contributed by atoms with Crippen LogP contribution < -0.4 is 10.1 Å². The highest BCUT2D eigenvalue weighted by Gasteiger charge is 2.24. The number of aryl methyl sites for hydroxylation is 1. The van der Waals surface area contributed by atoms with Crippen LogP contribution in [0.5, 0.6) is 5.75 Å². The number of carbonyl (C=O) groups excluding carboxylic acids is 1. The lowest BCUT2D eigenvalue weighted by Crippen LogP contribution is -2.45. The highest BCUT2D eigenvalue weighted by Crippen LogP contribution is 2.26. The SMILES string of the molecule is COc1ccc(CCC(=O)NC2CCCCC2O)cc1Br. The monoisotopic (exact) mass is 355 g/mol. The predicted octanol–water partition coefficient (Wildman–Crippen LogP) is 2.81. The Balaban J connectivity index is 1.82. The number of halogens is 1. The zero-order chi connectivity index (χ0) is 15.2. The van der Waals surface area contributed by atoms with Crippen LogP contribution in [0.3, 0.4) is 0 Å². The molecule has 2 atom stereocenters. The first kappa shape index (κ1) is 16.3. The van der Waals surface area contributed by atoms with E-state index in [0.29, 0.717) is 12.8 Å². The predicted molar refractivity (Wildman–Crippen MR) is 85.4 cm³/mol. The third kappa shape index (κ3) is 4.71. The van der Waals surface area contributed by atoms with Gasteiger partial charge in [-0.05, 0) is 52.9 Å². The summed E-state index contributed by atoms with van der Waals surface area (Å²) in [4.78, 5) is 12.0. The number of aliphatic hydroxyl groups excluding tert-OH is 1. The summed E-state index contributed by atoms with van der Waals surface area (Å²) in [7, 11) is 1.63. The second-order valence-corrected chi connectivity index (χ2v) is 6.35. The highest BCUT2D eigenvalue weighted by molar-refractivity contribution is 9.10. The number of amides is 1. The van der Waals surface area contributed by atoms with E-state index >= 15 is 0 Å². The van der Waals surface area contributed by atoms with Gasteiger partial charge in [0.2, 0.25) is 5.91 Å². The first-order valence-electron chi connectivity index (χ1n) is 7.40. The molecule has 1 aromatic rings. The number of ether oxygens (including phenoxy) is 1. The molecule has 0 heterocycles. The largest absolute Gasteiger partial charge is 0.496 e. The van der Waals surface area contributed by atoms with Crippen molar-refractivity contribution < 1.29 is 14.6 Å². The molecule has 1 aliphatic carbocycles. The lowest BCUT2D eigenvalue weighted by molar-refractivity contribution is -0.123. The molecule has 1 saturated carbocycles. The van der Waals surface area contributed by atoms with Gasteiger partial charge in [0.05, 0.1) is 23.7 Å². The molecule has 0 aromatic heterocycles. The Morgan fingerprint density at radius 2 is 2.19 bits per heavy atom. The molecule has 0 bridgehead atoms. The van der Waals surface area contributed by atoms with Crippen LogP contribution in [0.25, 0.3) is 0 Å². The summed E-state index contributed by atoms with van der Waals surface area (Å²) in [6, 6.07) is 5.75. The van der Waals surface area contributed by atoms with E-state index < -0.39 is 6.10 Å². The van der Waals surface area contributed by atoms with Gasteiger partial charge in [-0.3, -0.25) is 4.79 Å². The van der Waals surface area contributed by atoms with Crippen LogP contribution in [-0.2, 0) is 11.2 Å². The quantitative estimate of drug-likeness (QED) is 0.853. The molecule has 1 amide bonds. The average Bonchev–Trinajstić information content (AvgIpc) is 2.48. The van der Waals surface area contributed by atoms with E-state index in [9.17, 15) is 9.90 Å². The number of carbonyl (C=O) groups is 1. The van der Waals surface area contributed by atoms with Gasteiger partial charge >= 0.3 is 0 Å². The summed E-state index contributed by atoms with van der Waals surface area (Å²) in [5, 5.41) is 12.8. The van der Waals surface area contributed by atoms with E-state index in [1.165, 1.54) is 0 Å². The summed E-state index contributed by atoms with van der Waals surface area (Å²) < 4.78 is 6.08. The number of hydrogen-bond acceptors (Lipinski definition) is 3. The van der Waals surface area contributed by atoms with Crippen LogP contribution in [0, 0.1) is 0 Å².